The first-order chi connectivity index (χ1) is 7.66. The van der Waals surface area contributed by atoms with Crippen LogP contribution in [-0.2, 0) is 4.79 Å². The van der Waals surface area contributed by atoms with Gasteiger partial charge in [-0.2, -0.15) is 22.0 Å². The lowest BCUT2D eigenvalue weighted by Crippen LogP contribution is -2.55. The van der Waals surface area contributed by atoms with Gasteiger partial charge in [-0.15, -0.1) is 0 Å². The summed E-state index contributed by atoms with van der Waals surface area (Å²) in [6, 6.07) is -1.04. The van der Waals surface area contributed by atoms with Gasteiger partial charge in [-0.1, -0.05) is 12.8 Å². The van der Waals surface area contributed by atoms with Crippen LogP contribution in [0.15, 0.2) is 0 Å². The van der Waals surface area contributed by atoms with Crippen LogP contribution in [0.2, 0.25) is 0 Å². The number of amides is 1. The third-order valence-corrected chi connectivity index (χ3v) is 2.69. The van der Waals surface area contributed by atoms with Gasteiger partial charge in [-0.05, 0) is 12.8 Å². The van der Waals surface area contributed by atoms with E-state index in [1.807, 2.05) is 0 Å². The van der Waals surface area contributed by atoms with Crippen molar-refractivity contribution >= 4 is 5.91 Å². The van der Waals surface area contributed by atoms with Gasteiger partial charge in [0.05, 0.1) is 12.1 Å². The van der Waals surface area contributed by atoms with Gasteiger partial charge in [-0.3, -0.25) is 4.79 Å². The number of aliphatic hydroxyl groups excluding tert-OH is 1. The highest BCUT2D eigenvalue weighted by Gasteiger charge is 2.63. The summed E-state index contributed by atoms with van der Waals surface area (Å²) in [4.78, 5) is 10.8. The number of carbonyl (C=O) groups excluding carboxylic acids is 1. The molecule has 0 saturated heterocycles. The summed E-state index contributed by atoms with van der Waals surface area (Å²) in [5.74, 6) is -7.83. The fraction of sp³-hybridized carbons (Fsp3) is 0.889. The van der Waals surface area contributed by atoms with Gasteiger partial charge in [0.2, 0.25) is 0 Å². The first kappa shape index (κ1) is 14.1. The SMILES string of the molecule is O=C(NC1CCCCC1O)C(F)(F)C(F)(F)F. The number of rotatable bonds is 2. The average Bonchev–Trinajstić information content (AvgIpc) is 2.19. The Morgan fingerprint density at radius 2 is 1.65 bits per heavy atom. The van der Waals surface area contributed by atoms with E-state index in [0.29, 0.717) is 12.8 Å². The molecule has 17 heavy (non-hydrogen) atoms. The molecule has 0 spiro atoms. The predicted molar refractivity (Wildman–Crippen MR) is 47.4 cm³/mol. The summed E-state index contributed by atoms with van der Waals surface area (Å²) >= 11 is 0. The minimum Gasteiger partial charge on any atom is -0.391 e. The van der Waals surface area contributed by atoms with Gasteiger partial charge in [0, 0.05) is 0 Å². The Kier molecular flexibility index (Phi) is 3.95. The molecular formula is C9H12F5NO2. The molecular weight excluding hydrogens is 249 g/mol. The van der Waals surface area contributed by atoms with Gasteiger partial charge < -0.3 is 10.4 Å². The zero-order chi connectivity index (χ0) is 13.3. The lowest BCUT2D eigenvalue weighted by Gasteiger charge is -2.30. The highest BCUT2D eigenvalue weighted by molar-refractivity contribution is 5.84. The van der Waals surface area contributed by atoms with E-state index in [9.17, 15) is 31.9 Å². The van der Waals surface area contributed by atoms with Crippen LogP contribution in [0.3, 0.4) is 0 Å². The maximum atomic E-state index is 12.6. The number of nitrogens with one attached hydrogen (secondary N) is 1. The van der Waals surface area contributed by atoms with E-state index in [1.165, 1.54) is 0 Å². The Morgan fingerprint density at radius 3 is 2.12 bits per heavy atom. The average molecular weight is 261 g/mol. The molecule has 8 heteroatoms. The maximum absolute atomic E-state index is 12.6. The highest BCUT2D eigenvalue weighted by Crippen LogP contribution is 2.35. The van der Waals surface area contributed by atoms with Crippen molar-refractivity contribution in [2.75, 3.05) is 0 Å². The number of halogens is 5. The molecule has 1 fully saturated rings. The minimum absolute atomic E-state index is 0.195. The Hall–Kier alpha value is -0.920. The molecule has 0 aliphatic heterocycles. The van der Waals surface area contributed by atoms with Crippen LogP contribution in [0.25, 0.3) is 0 Å². The van der Waals surface area contributed by atoms with E-state index in [4.69, 9.17) is 0 Å². The standard InChI is InChI=1S/C9H12F5NO2/c10-8(11,9(12,13)14)7(17)15-5-3-1-2-4-6(5)16/h5-6,16H,1-4H2,(H,15,17). The lowest BCUT2D eigenvalue weighted by atomic mass is 9.92. The number of hydrogen-bond acceptors (Lipinski definition) is 2. The minimum atomic E-state index is -5.92. The Morgan fingerprint density at radius 1 is 1.12 bits per heavy atom. The zero-order valence-electron chi connectivity index (χ0n) is 8.73. The van der Waals surface area contributed by atoms with E-state index in [2.05, 4.69) is 0 Å². The normalized spacial score (nSPS) is 26.7. The van der Waals surface area contributed by atoms with Gasteiger partial charge in [-0.25, -0.2) is 0 Å². The molecule has 0 bridgehead atoms. The maximum Gasteiger partial charge on any atom is 0.463 e. The Labute approximate surface area is 94.0 Å². The van der Waals surface area contributed by atoms with Crippen molar-refractivity contribution in [3.63, 3.8) is 0 Å². The van der Waals surface area contributed by atoms with Gasteiger partial charge >= 0.3 is 18.0 Å². The first-order valence-corrected chi connectivity index (χ1v) is 5.10. The summed E-state index contributed by atoms with van der Waals surface area (Å²) in [6.45, 7) is 0. The Balaban J connectivity index is 2.65. The van der Waals surface area contributed by atoms with Gasteiger partial charge in [0.1, 0.15) is 0 Å². The van der Waals surface area contributed by atoms with E-state index in [-0.39, 0.29) is 12.8 Å². The van der Waals surface area contributed by atoms with E-state index < -0.39 is 30.2 Å². The number of aliphatic hydroxyl groups is 1. The molecule has 0 heterocycles. The lowest BCUT2D eigenvalue weighted by molar-refractivity contribution is -0.270. The number of hydrogen-bond donors (Lipinski definition) is 2. The molecule has 1 aliphatic rings. The molecule has 0 aromatic heterocycles. The third kappa shape index (κ3) is 3.05. The van der Waals surface area contributed by atoms with Crippen molar-refractivity contribution < 1.29 is 31.9 Å². The van der Waals surface area contributed by atoms with E-state index in [0.717, 1.165) is 0 Å². The summed E-state index contributed by atoms with van der Waals surface area (Å²) < 4.78 is 60.8. The molecule has 1 amide bonds. The van der Waals surface area contributed by atoms with E-state index in [1.54, 1.807) is 5.32 Å². The number of alkyl halides is 5. The zero-order valence-corrected chi connectivity index (χ0v) is 8.73. The second kappa shape index (κ2) is 4.75. The van der Waals surface area contributed by atoms with Crippen molar-refractivity contribution in [3.8, 4) is 0 Å². The van der Waals surface area contributed by atoms with Crippen LogP contribution in [0.5, 0.6) is 0 Å². The monoisotopic (exact) mass is 261 g/mol. The van der Waals surface area contributed by atoms with Crippen LogP contribution in [0.4, 0.5) is 22.0 Å². The fourth-order valence-corrected chi connectivity index (χ4v) is 1.67. The Bertz CT molecular complexity index is 292. The molecule has 100 valence electrons. The molecule has 1 saturated carbocycles. The van der Waals surface area contributed by atoms with Crippen molar-refractivity contribution in [3.05, 3.63) is 0 Å². The van der Waals surface area contributed by atoms with Crippen LogP contribution in [0, 0.1) is 0 Å². The second-order valence-corrected chi connectivity index (χ2v) is 4.00. The van der Waals surface area contributed by atoms with E-state index >= 15 is 0 Å². The largest absolute Gasteiger partial charge is 0.463 e. The summed E-state index contributed by atoms with van der Waals surface area (Å²) in [6.07, 6.45) is -5.29. The van der Waals surface area contributed by atoms with Gasteiger partial charge in [0.25, 0.3) is 0 Å². The highest BCUT2D eigenvalue weighted by atomic mass is 19.4. The van der Waals surface area contributed by atoms with Crippen molar-refractivity contribution in [2.45, 2.75) is 49.9 Å². The molecule has 0 radical (unpaired) electrons. The molecule has 0 aromatic rings. The second-order valence-electron chi connectivity index (χ2n) is 4.00. The smallest absolute Gasteiger partial charge is 0.391 e. The molecule has 2 atom stereocenters. The topological polar surface area (TPSA) is 49.3 Å². The molecule has 1 rings (SSSR count). The fourth-order valence-electron chi connectivity index (χ4n) is 1.67. The quantitative estimate of drug-likeness (QED) is 0.742. The molecule has 2 N–H and O–H groups in total. The van der Waals surface area contributed by atoms with Gasteiger partial charge in [0.15, 0.2) is 0 Å². The molecule has 1 aliphatic carbocycles. The van der Waals surface area contributed by atoms with Crippen LogP contribution in [0.1, 0.15) is 25.7 Å². The van der Waals surface area contributed by atoms with Crippen LogP contribution in [-0.4, -0.2) is 35.3 Å². The third-order valence-electron chi connectivity index (χ3n) is 2.69. The first-order valence-electron chi connectivity index (χ1n) is 5.10. The molecule has 0 aromatic carbocycles. The van der Waals surface area contributed by atoms with Crippen molar-refractivity contribution in [2.24, 2.45) is 0 Å². The van der Waals surface area contributed by atoms with Crippen molar-refractivity contribution in [1.82, 2.24) is 5.32 Å². The van der Waals surface area contributed by atoms with Crippen LogP contribution < -0.4 is 5.32 Å². The predicted octanol–water partition coefficient (Wildman–Crippen LogP) is 1.60. The molecule has 2 unspecified atom stereocenters. The molecule has 3 nitrogen and oxygen atoms in total. The summed E-state index contributed by atoms with van der Waals surface area (Å²) in [5.41, 5.74) is 0. The van der Waals surface area contributed by atoms with Crippen LogP contribution >= 0.6 is 0 Å². The van der Waals surface area contributed by atoms with Crippen molar-refractivity contribution in [1.29, 1.82) is 0 Å². The number of carbonyl (C=O) groups is 1. The summed E-state index contributed by atoms with van der Waals surface area (Å²) in [5, 5.41) is 10.9. The summed E-state index contributed by atoms with van der Waals surface area (Å²) in [7, 11) is 0.